The minimum absolute atomic E-state index is 0.297. The topological polar surface area (TPSA) is 69.4 Å². The van der Waals surface area contributed by atoms with Crippen LogP contribution in [0.2, 0.25) is 0 Å². The molecule has 16 heavy (non-hydrogen) atoms. The Hall–Kier alpha value is -1.58. The molecule has 0 aromatic heterocycles. The first-order valence-corrected chi connectivity index (χ1v) is 4.96. The fourth-order valence-electron chi connectivity index (χ4n) is 0.366. The number of hydrogen-bond donors (Lipinski definition) is 1. The second-order valence-electron chi connectivity index (χ2n) is 3.92. The van der Waals surface area contributed by atoms with Crippen LogP contribution in [-0.4, -0.2) is 18.5 Å². The molecule has 0 rings (SSSR count). The predicted octanol–water partition coefficient (Wildman–Crippen LogP) is 1.81. The van der Waals surface area contributed by atoms with E-state index in [1.165, 1.54) is 0 Å². The predicted molar refractivity (Wildman–Crippen MR) is 64.6 cm³/mol. The lowest BCUT2D eigenvalue weighted by Gasteiger charge is -2.05. The first kappa shape index (κ1) is 16.8. The van der Waals surface area contributed by atoms with Crippen LogP contribution in [0.1, 0.15) is 27.7 Å². The Morgan fingerprint density at radius 2 is 1.56 bits per heavy atom. The van der Waals surface area contributed by atoms with Crippen molar-refractivity contribution in [2.24, 2.45) is 11.7 Å². The van der Waals surface area contributed by atoms with Gasteiger partial charge < -0.3 is 10.5 Å². The fraction of sp³-hybridized carbons (Fsp3) is 0.500. The molecular formula is C12H21NO3. The maximum absolute atomic E-state index is 10.7. The zero-order chi connectivity index (χ0) is 13.3. The Morgan fingerprint density at radius 3 is 1.75 bits per heavy atom. The molecule has 0 aromatic carbocycles. The molecule has 92 valence electrons. The number of rotatable bonds is 4. The van der Waals surface area contributed by atoms with Crippen LogP contribution in [0, 0.1) is 5.92 Å². The van der Waals surface area contributed by atoms with E-state index in [-0.39, 0.29) is 5.97 Å². The summed E-state index contributed by atoms with van der Waals surface area (Å²) < 4.78 is 4.83. The zero-order valence-electron chi connectivity index (χ0n) is 10.5. The molecule has 0 aliphatic heterocycles. The largest absolute Gasteiger partial charge is 0.462 e. The Bertz CT molecular complexity index is 268. The third-order valence-electron chi connectivity index (χ3n) is 1.32. The monoisotopic (exact) mass is 227 g/mol. The molecule has 0 unspecified atom stereocenters. The van der Waals surface area contributed by atoms with Gasteiger partial charge in [0.2, 0.25) is 5.91 Å². The molecular weight excluding hydrogens is 206 g/mol. The van der Waals surface area contributed by atoms with Crippen molar-refractivity contribution in [1.29, 1.82) is 0 Å². The smallest absolute Gasteiger partial charge is 0.333 e. The van der Waals surface area contributed by atoms with Gasteiger partial charge in [-0.25, -0.2) is 4.79 Å². The number of amides is 1. The van der Waals surface area contributed by atoms with E-state index in [4.69, 9.17) is 10.5 Å². The average molecular weight is 227 g/mol. The van der Waals surface area contributed by atoms with Gasteiger partial charge in [0.05, 0.1) is 6.61 Å². The van der Waals surface area contributed by atoms with E-state index in [2.05, 4.69) is 13.2 Å². The fourth-order valence-corrected chi connectivity index (χ4v) is 0.366. The molecule has 0 saturated carbocycles. The molecule has 1 amide bonds. The Morgan fingerprint density at radius 1 is 1.19 bits per heavy atom. The molecule has 4 nitrogen and oxygen atoms in total. The number of hydrogen-bond acceptors (Lipinski definition) is 3. The molecule has 0 aliphatic rings. The molecule has 0 atom stereocenters. The third-order valence-corrected chi connectivity index (χ3v) is 1.32. The van der Waals surface area contributed by atoms with Gasteiger partial charge in [-0.2, -0.15) is 0 Å². The zero-order valence-corrected chi connectivity index (χ0v) is 10.5. The van der Waals surface area contributed by atoms with Crippen molar-refractivity contribution < 1.29 is 14.3 Å². The van der Waals surface area contributed by atoms with Crippen LogP contribution < -0.4 is 5.73 Å². The summed E-state index contributed by atoms with van der Waals surface area (Å²) in [6, 6.07) is 0. The van der Waals surface area contributed by atoms with Crippen LogP contribution in [0.15, 0.2) is 24.3 Å². The highest BCUT2D eigenvalue weighted by molar-refractivity contribution is 5.90. The number of esters is 1. The lowest BCUT2D eigenvalue weighted by atomic mass is 10.2. The molecule has 4 heteroatoms. The van der Waals surface area contributed by atoms with Gasteiger partial charge in [-0.15, -0.1) is 0 Å². The minimum atomic E-state index is -0.435. The number of nitrogens with two attached hydrogens (primary N) is 1. The van der Waals surface area contributed by atoms with Gasteiger partial charge in [0.25, 0.3) is 0 Å². The maximum Gasteiger partial charge on any atom is 0.333 e. The Kier molecular flexibility index (Phi) is 9.16. The van der Waals surface area contributed by atoms with Crippen molar-refractivity contribution >= 4 is 11.9 Å². The van der Waals surface area contributed by atoms with Gasteiger partial charge >= 0.3 is 5.97 Å². The summed E-state index contributed by atoms with van der Waals surface area (Å²) in [5, 5.41) is 0. The van der Waals surface area contributed by atoms with Crippen molar-refractivity contribution in [3.63, 3.8) is 0 Å². The van der Waals surface area contributed by atoms with E-state index in [9.17, 15) is 9.59 Å². The highest BCUT2D eigenvalue weighted by atomic mass is 16.5. The van der Waals surface area contributed by atoms with E-state index in [0.29, 0.717) is 23.7 Å². The third kappa shape index (κ3) is 12.4. The van der Waals surface area contributed by atoms with Crippen LogP contribution >= 0.6 is 0 Å². The van der Waals surface area contributed by atoms with Crippen molar-refractivity contribution in [3.8, 4) is 0 Å². The molecule has 0 aliphatic carbocycles. The summed E-state index contributed by atoms with van der Waals surface area (Å²) in [5.41, 5.74) is 5.55. The summed E-state index contributed by atoms with van der Waals surface area (Å²) in [4.78, 5) is 20.5. The minimum Gasteiger partial charge on any atom is -0.462 e. The lowest BCUT2D eigenvalue weighted by Crippen LogP contribution is -2.10. The van der Waals surface area contributed by atoms with E-state index >= 15 is 0 Å². The van der Waals surface area contributed by atoms with Crippen molar-refractivity contribution in [2.45, 2.75) is 27.7 Å². The Labute approximate surface area is 97.2 Å². The van der Waals surface area contributed by atoms with Gasteiger partial charge in [-0.05, 0) is 19.8 Å². The van der Waals surface area contributed by atoms with Crippen molar-refractivity contribution in [1.82, 2.24) is 0 Å². The first-order valence-electron chi connectivity index (χ1n) is 4.96. The molecule has 0 fully saturated rings. The average Bonchev–Trinajstić information content (AvgIpc) is 2.14. The lowest BCUT2D eigenvalue weighted by molar-refractivity contribution is -0.140. The summed E-state index contributed by atoms with van der Waals surface area (Å²) in [5.74, 6) is -0.341. The quantitative estimate of drug-likeness (QED) is 0.588. The van der Waals surface area contributed by atoms with Gasteiger partial charge in [0.1, 0.15) is 0 Å². The Balaban J connectivity index is 0. The number of carbonyl (C=O) groups excluding carboxylic acids is 2. The summed E-state index contributed by atoms with van der Waals surface area (Å²) in [6.07, 6.45) is 0. The highest BCUT2D eigenvalue weighted by Gasteiger charge is 2.03. The SMILES string of the molecule is C=C(C)C(=O)OCC(C)C.C=C(C)C(N)=O. The second-order valence-corrected chi connectivity index (χ2v) is 3.92. The van der Waals surface area contributed by atoms with Crippen LogP contribution in [0.25, 0.3) is 0 Å². The van der Waals surface area contributed by atoms with Gasteiger partial charge in [0.15, 0.2) is 0 Å². The van der Waals surface area contributed by atoms with Crippen LogP contribution in [-0.2, 0) is 14.3 Å². The van der Waals surface area contributed by atoms with Gasteiger partial charge in [0, 0.05) is 11.1 Å². The van der Waals surface area contributed by atoms with Gasteiger partial charge in [-0.1, -0.05) is 27.0 Å². The molecule has 0 radical (unpaired) electrons. The normalized spacial score (nSPS) is 8.81. The van der Waals surface area contributed by atoms with Crippen LogP contribution in [0.3, 0.4) is 0 Å². The molecule has 2 N–H and O–H groups in total. The summed E-state index contributed by atoms with van der Waals surface area (Å²) in [6.45, 7) is 14.4. The molecule has 0 heterocycles. The van der Waals surface area contributed by atoms with E-state index in [0.717, 1.165) is 0 Å². The number of ether oxygens (including phenoxy) is 1. The van der Waals surface area contributed by atoms with E-state index in [1.54, 1.807) is 13.8 Å². The first-order chi connectivity index (χ1) is 7.18. The second kappa shape index (κ2) is 8.71. The summed E-state index contributed by atoms with van der Waals surface area (Å²) in [7, 11) is 0. The highest BCUT2D eigenvalue weighted by Crippen LogP contribution is 1.97. The van der Waals surface area contributed by atoms with Crippen molar-refractivity contribution in [3.05, 3.63) is 24.3 Å². The van der Waals surface area contributed by atoms with Crippen molar-refractivity contribution in [2.75, 3.05) is 6.61 Å². The molecule has 0 spiro atoms. The van der Waals surface area contributed by atoms with E-state index < -0.39 is 5.91 Å². The van der Waals surface area contributed by atoms with Crippen LogP contribution in [0.4, 0.5) is 0 Å². The molecule has 0 bridgehead atoms. The van der Waals surface area contributed by atoms with Gasteiger partial charge in [-0.3, -0.25) is 4.79 Å². The number of carbonyl (C=O) groups is 2. The molecule has 0 saturated heterocycles. The summed E-state index contributed by atoms with van der Waals surface area (Å²) >= 11 is 0. The number of primary amides is 1. The van der Waals surface area contributed by atoms with E-state index in [1.807, 2.05) is 13.8 Å². The molecule has 0 aromatic rings. The standard InChI is InChI=1S/C8H14O2.C4H7NO/c1-6(2)5-10-8(9)7(3)4;1-3(2)4(5)6/h6H,3,5H2,1-2,4H3;1H2,2H3,(H2,5,6). The maximum atomic E-state index is 10.7. The van der Waals surface area contributed by atoms with Crippen LogP contribution in [0.5, 0.6) is 0 Å².